The summed E-state index contributed by atoms with van der Waals surface area (Å²) in [5, 5.41) is 15.9. The lowest BCUT2D eigenvalue weighted by atomic mass is 10.2. The van der Waals surface area contributed by atoms with Crippen LogP contribution in [0.15, 0.2) is 12.4 Å². The maximum Gasteiger partial charge on any atom is 0.131 e. The Hall–Kier alpha value is -1.36. The Kier molecular flexibility index (Phi) is 6.32. The van der Waals surface area contributed by atoms with Gasteiger partial charge in [0.2, 0.25) is 0 Å². The topological polar surface area (TPSA) is 70.1 Å². The molecule has 0 aromatic carbocycles. The van der Waals surface area contributed by atoms with Crippen molar-refractivity contribution in [3.63, 3.8) is 0 Å². The van der Waals surface area contributed by atoms with Gasteiger partial charge in [-0.15, -0.1) is 0 Å². The molecule has 1 aromatic heterocycles. The van der Waals surface area contributed by atoms with Crippen LogP contribution in [0.3, 0.4) is 0 Å². The zero-order chi connectivity index (χ0) is 12.5. The fourth-order valence-corrected chi connectivity index (χ4v) is 1.46. The van der Waals surface area contributed by atoms with Crippen molar-refractivity contribution in [2.24, 2.45) is 0 Å². The normalized spacial score (nSPS) is 12.2. The molecule has 1 aromatic rings. The Morgan fingerprint density at radius 2 is 1.88 bits per heavy atom. The zero-order valence-corrected chi connectivity index (χ0v) is 10.6. The molecule has 1 heterocycles. The summed E-state index contributed by atoms with van der Waals surface area (Å²) in [5.74, 6) is 1.56. The molecule has 1 atom stereocenters. The molecule has 5 heteroatoms. The molecule has 1 unspecified atom stereocenters. The highest BCUT2D eigenvalue weighted by Gasteiger charge is 2.03. The van der Waals surface area contributed by atoms with E-state index in [9.17, 15) is 5.11 Å². The summed E-state index contributed by atoms with van der Waals surface area (Å²) in [7, 11) is 0. The summed E-state index contributed by atoms with van der Waals surface area (Å²) in [6.45, 7) is 5.59. The molecule has 5 nitrogen and oxygen atoms in total. The maximum absolute atomic E-state index is 9.60. The Bertz CT molecular complexity index is 319. The van der Waals surface area contributed by atoms with E-state index < -0.39 is 0 Å². The Labute approximate surface area is 103 Å². The molecule has 0 aliphatic carbocycles. The van der Waals surface area contributed by atoms with Crippen molar-refractivity contribution >= 4 is 11.6 Å². The highest BCUT2D eigenvalue weighted by atomic mass is 16.3. The van der Waals surface area contributed by atoms with Gasteiger partial charge in [0.25, 0.3) is 0 Å². The lowest BCUT2D eigenvalue weighted by molar-refractivity contribution is 0.176. The molecule has 3 N–H and O–H groups in total. The van der Waals surface area contributed by atoms with Crippen LogP contribution in [0.5, 0.6) is 0 Å². The quantitative estimate of drug-likeness (QED) is 0.645. The zero-order valence-electron chi connectivity index (χ0n) is 10.6. The minimum atomic E-state index is -0.318. The molecule has 0 saturated carbocycles. The van der Waals surface area contributed by atoms with Crippen LogP contribution in [-0.2, 0) is 0 Å². The fourth-order valence-electron chi connectivity index (χ4n) is 1.46. The standard InChI is InChI=1S/C12H22N4O/c1-3-5-10(17)8-14-12-7-11(13-6-4-2)15-9-16-12/h7,9-10,17H,3-6,8H2,1-2H3,(H2,13,14,15,16). The number of anilines is 2. The molecule has 17 heavy (non-hydrogen) atoms. The predicted molar refractivity (Wildman–Crippen MR) is 70.2 cm³/mol. The summed E-state index contributed by atoms with van der Waals surface area (Å²) in [6, 6.07) is 1.86. The maximum atomic E-state index is 9.60. The van der Waals surface area contributed by atoms with Gasteiger partial charge in [-0.05, 0) is 12.8 Å². The molecule has 1 rings (SSSR count). The SMILES string of the molecule is CCCNc1cc(NCC(O)CCC)ncn1. The second-order valence-electron chi connectivity index (χ2n) is 4.04. The van der Waals surface area contributed by atoms with Gasteiger partial charge in [0.05, 0.1) is 6.10 Å². The van der Waals surface area contributed by atoms with Crippen LogP contribution in [0.25, 0.3) is 0 Å². The number of nitrogens with one attached hydrogen (secondary N) is 2. The van der Waals surface area contributed by atoms with E-state index in [0.29, 0.717) is 6.54 Å². The van der Waals surface area contributed by atoms with Crippen molar-refractivity contribution in [3.05, 3.63) is 12.4 Å². The number of hydrogen-bond acceptors (Lipinski definition) is 5. The predicted octanol–water partition coefficient (Wildman–Crippen LogP) is 1.87. The summed E-state index contributed by atoms with van der Waals surface area (Å²) in [5.41, 5.74) is 0. The molecule has 0 radical (unpaired) electrons. The van der Waals surface area contributed by atoms with E-state index in [0.717, 1.165) is 37.4 Å². The van der Waals surface area contributed by atoms with E-state index in [1.54, 1.807) is 0 Å². The third kappa shape index (κ3) is 5.49. The number of aliphatic hydroxyl groups is 1. The van der Waals surface area contributed by atoms with Crippen molar-refractivity contribution in [1.82, 2.24) is 9.97 Å². The second kappa shape index (κ2) is 7.84. The van der Waals surface area contributed by atoms with Crippen LogP contribution in [0.4, 0.5) is 11.6 Å². The highest BCUT2D eigenvalue weighted by molar-refractivity contribution is 5.46. The molecule has 0 saturated heterocycles. The number of hydrogen-bond donors (Lipinski definition) is 3. The average Bonchev–Trinajstić information content (AvgIpc) is 2.35. The fraction of sp³-hybridized carbons (Fsp3) is 0.667. The van der Waals surface area contributed by atoms with E-state index in [1.165, 1.54) is 6.33 Å². The molecule has 96 valence electrons. The van der Waals surface area contributed by atoms with E-state index in [2.05, 4.69) is 34.4 Å². The first-order valence-corrected chi connectivity index (χ1v) is 6.24. The number of aliphatic hydroxyl groups excluding tert-OH is 1. The van der Waals surface area contributed by atoms with Crippen LogP contribution in [0, 0.1) is 0 Å². The van der Waals surface area contributed by atoms with Crippen molar-refractivity contribution in [3.8, 4) is 0 Å². The van der Waals surface area contributed by atoms with Crippen molar-refractivity contribution < 1.29 is 5.11 Å². The molecule has 0 amide bonds. The van der Waals surface area contributed by atoms with Crippen molar-refractivity contribution in [1.29, 1.82) is 0 Å². The Morgan fingerprint density at radius 3 is 2.53 bits per heavy atom. The number of aromatic nitrogens is 2. The van der Waals surface area contributed by atoms with Gasteiger partial charge in [-0.1, -0.05) is 20.3 Å². The van der Waals surface area contributed by atoms with Crippen LogP contribution in [0.2, 0.25) is 0 Å². The lowest BCUT2D eigenvalue weighted by Gasteiger charge is -2.11. The van der Waals surface area contributed by atoms with Crippen LogP contribution >= 0.6 is 0 Å². The molecular formula is C12H22N4O. The minimum Gasteiger partial charge on any atom is -0.391 e. The van der Waals surface area contributed by atoms with Gasteiger partial charge in [0.1, 0.15) is 18.0 Å². The molecule has 0 bridgehead atoms. The average molecular weight is 238 g/mol. The summed E-state index contributed by atoms with van der Waals surface area (Å²) in [4.78, 5) is 8.22. The van der Waals surface area contributed by atoms with E-state index in [1.807, 2.05) is 6.07 Å². The smallest absolute Gasteiger partial charge is 0.131 e. The molecule has 0 fully saturated rings. The molecule has 0 spiro atoms. The Balaban J connectivity index is 2.42. The van der Waals surface area contributed by atoms with E-state index in [4.69, 9.17) is 0 Å². The highest BCUT2D eigenvalue weighted by Crippen LogP contribution is 2.09. The van der Waals surface area contributed by atoms with Gasteiger partial charge in [-0.3, -0.25) is 0 Å². The molecular weight excluding hydrogens is 216 g/mol. The third-order valence-corrected chi connectivity index (χ3v) is 2.36. The van der Waals surface area contributed by atoms with Crippen LogP contribution in [0.1, 0.15) is 33.1 Å². The molecule has 0 aliphatic heterocycles. The monoisotopic (exact) mass is 238 g/mol. The first-order valence-electron chi connectivity index (χ1n) is 6.24. The lowest BCUT2D eigenvalue weighted by Crippen LogP contribution is -2.19. The molecule has 0 aliphatic rings. The first kappa shape index (κ1) is 13.7. The van der Waals surface area contributed by atoms with Crippen molar-refractivity contribution in [2.75, 3.05) is 23.7 Å². The number of rotatable bonds is 8. The largest absolute Gasteiger partial charge is 0.391 e. The van der Waals surface area contributed by atoms with E-state index in [-0.39, 0.29) is 6.10 Å². The summed E-state index contributed by atoms with van der Waals surface area (Å²) >= 11 is 0. The van der Waals surface area contributed by atoms with Gasteiger partial charge in [0.15, 0.2) is 0 Å². The van der Waals surface area contributed by atoms with Crippen LogP contribution in [-0.4, -0.2) is 34.3 Å². The second-order valence-corrected chi connectivity index (χ2v) is 4.04. The van der Waals surface area contributed by atoms with Gasteiger partial charge < -0.3 is 15.7 Å². The van der Waals surface area contributed by atoms with E-state index >= 15 is 0 Å². The van der Waals surface area contributed by atoms with Gasteiger partial charge in [0, 0.05) is 19.2 Å². The summed E-state index contributed by atoms with van der Waals surface area (Å²) < 4.78 is 0. The van der Waals surface area contributed by atoms with Gasteiger partial charge >= 0.3 is 0 Å². The third-order valence-electron chi connectivity index (χ3n) is 2.36. The minimum absolute atomic E-state index is 0.318. The van der Waals surface area contributed by atoms with Gasteiger partial charge in [-0.25, -0.2) is 9.97 Å². The van der Waals surface area contributed by atoms with Gasteiger partial charge in [-0.2, -0.15) is 0 Å². The van der Waals surface area contributed by atoms with Crippen LogP contribution < -0.4 is 10.6 Å². The number of nitrogens with zero attached hydrogens (tertiary/aromatic N) is 2. The van der Waals surface area contributed by atoms with Crippen molar-refractivity contribution in [2.45, 2.75) is 39.2 Å². The Morgan fingerprint density at radius 1 is 1.18 bits per heavy atom. The first-order chi connectivity index (χ1) is 8.26. The summed E-state index contributed by atoms with van der Waals surface area (Å²) in [6.07, 6.45) is 4.05.